The second-order valence-corrected chi connectivity index (χ2v) is 11.0. The van der Waals surface area contributed by atoms with Gasteiger partial charge in [-0.05, 0) is 53.4 Å². The Hall–Kier alpha value is -4.31. The normalized spacial score (nSPS) is 11.2. The molecule has 9 nitrogen and oxygen atoms in total. The number of aromatic nitrogens is 3. The van der Waals surface area contributed by atoms with Gasteiger partial charge in [-0.25, -0.2) is 0 Å². The van der Waals surface area contributed by atoms with Crippen LogP contribution in [0.2, 0.25) is 0 Å². The fraction of sp³-hybridized carbons (Fsp3) is 0.267. The van der Waals surface area contributed by atoms with E-state index in [0.29, 0.717) is 28.1 Å². The fourth-order valence-corrected chi connectivity index (χ4v) is 4.79. The van der Waals surface area contributed by atoms with E-state index in [2.05, 4.69) is 53.7 Å². The van der Waals surface area contributed by atoms with Crippen LogP contribution in [0.4, 0.5) is 11.4 Å². The molecule has 0 radical (unpaired) electrons. The molecule has 0 saturated carbocycles. The molecule has 10 heteroatoms. The highest BCUT2D eigenvalue weighted by Gasteiger charge is 2.20. The van der Waals surface area contributed by atoms with Crippen molar-refractivity contribution in [2.75, 3.05) is 30.6 Å². The SMILES string of the molecule is COc1ccc(-n2c(SCC(=O)Nc3cc(NC(C)=O)ccc3OC)nnc2-c2ccc(C(C)(C)C)cc2)cc1. The molecule has 0 spiro atoms. The number of hydrogen-bond donors (Lipinski definition) is 2. The van der Waals surface area contributed by atoms with Crippen LogP contribution >= 0.6 is 11.8 Å². The minimum atomic E-state index is -0.261. The molecule has 0 saturated heterocycles. The lowest BCUT2D eigenvalue weighted by molar-refractivity contribution is -0.114. The predicted octanol–water partition coefficient (Wildman–Crippen LogP) is 5.94. The maximum absolute atomic E-state index is 13.0. The number of hydrogen-bond acceptors (Lipinski definition) is 7. The van der Waals surface area contributed by atoms with Crippen molar-refractivity contribution in [3.05, 3.63) is 72.3 Å². The number of amides is 2. The summed E-state index contributed by atoms with van der Waals surface area (Å²) in [6, 6.07) is 20.9. The van der Waals surface area contributed by atoms with Gasteiger partial charge >= 0.3 is 0 Å². The van der Waals surface area contributed by atoms with Gasteiger partial charge in [0.1, 0.15) is 11.5 Å². The van der Waals surface area contributed by atoms with Gasteiger partial charge in [-0.3, -0.25) is 14.2 Å². The highest BCUT2D eigenvalue weighted by molar-refractivity contribution is 7.99. The summed E-state index contributed by atoms with van der Waals surface area (Å²) in [5, 5.41) is 15.1. The Morgan fingerprint density at radius 3 is 2.20 bits per heavy atom. The summed E-state index contributed by atoms with van der Waals surface area (Å²) < 4.78 is 12.6. The molecule has 0 aliphatic heterocycles. The number of carbonyl (C=O) groups is 2. The average Bonchev–Trinajstić information content (AvgIpc) is 3.35. The van der Waals surface area contributed by atoms with Crippen LogP contribution in [0.15, 0.2) is 71.9 Å². The lowest BCUT2D eigenvalue weighted by atomic mass is 9.87. The molecule has 2 amide bonds. The Labute approximate surface area is 238 Å². The quantitative estimate of drug-likeness (QED) is 0.245. The third-order valence-electron chi connectivity index (χ3n) is 6.10. The Morgan fingerprint density at radius 2 is 1.60 bits per heavy atom. The zero-order valence-corrected chi connectivity index (χ0v) is 24.3. The van der Waals surface area contributed by atoms with E-state index >= 15 is 0 Å². The number of methoxy groups -OCH3 is 2. The van der Waals surface area contributed by atoms with Crippen LogP contribution in [0.3, 0.4) is 0 Å². The zero-order chi connectivity index (χ0) is 28.9. The van der Waals surface area contributed by atoms with E-state index in [0.717, 1.165) is 17.0 Å². The molecule has 0 atom stereocenters. The first-order chi connectivity index (χ1) is 19.1. The number of benzene rings is 3. The standard InChI is InChI=1S/C30H33N5O4S/c1-19(36)31-22-11-16-26(39-6)25(17-22)32-27(37)18-40-29-34-33-28(20-7-9-21(10-8-20)30(2,3)4)35(29)23-12-14-24(38-5)15-13-23/h7-17H,18H2,1-6H3,(H,31,36)(H,32,37). The van der Waals surface area contributed by atoms with Gasteiger partial charge < -0.3 is 20.1 Å². The molecule has 1 aromatic heterocycles. The van der Waals surface area contributed by atoms with Crippen molar-refractivity contribution in [3.8, 4) is 28.6 Å². The summed E-state index contributed by atoms with van der Waals surface area (Å²) in [6.45, 7) is 7.94. The molecule has 40 heavy (non-hydrogen) atoms. The Balaban J connectivity index is 1.60. The van der Waals surface area contributed by atoms with Gasteiger partial charge in [0.25, 0.3) is 0 Å². The Kier molecular flexibility index (Phi) is 8.79. The number of thioether (sulfide) groups is 1. The first-order valence-corrected chi connectivity index (χ1v) is 13.7. The number of anilines is 2. The fourth-order valence-electron chi connectivity index (χ4n) is 4.04. The topological polar surface area (TPSA) is 107 Å². The van der Waals surface area contributed by atoms with Crippen LogP contribution in [-0.2, 0) is 15.0 Å². The first kappa shape index (κ1) is 28.7. The minimum absolute atomic E-state index is 0.0287. The second kappa shape index (κ2) is 12.3. The molecule has 208 valence electrons. The minimum Gasteiger partial charge on any atom is -0.497 e. The van der Waals surface area contributed by atoms with E-state index in [9.17, 15) is 9.59 Å². The molecule has 0 fully saturated rings. The zero-order valence-electron chi connectivity index (χ0n) is 23.4. The van der Waals surface area contributed by atoms with Gasteiger partial charge in [0.2, 0.25) is 11.8 Å². The average molecular weight is 560 g/mol. The lowest BCUT2D eigenvalue weighted by Crippen LogP contribution is -2.16. The van der Waals surface area contributed by atoms with Gasteiger partial charge in [-0.15, -0.1) is 10.2 Å². The van der Waals surface area contributed by atoms with Crippen molar-refractivity contribution in [1.29, 1.82) is 0 Å². The maximum Gasteiger partial charge on any atom is 0.234 e. The van der Waals surface area contributed by atoms with Crippen molar-refractivity contribution in [3.63, 3.8) is 0 Å². The van der Waals surface area contributed by atoms with Gasteiger partial charge in [0.05, 0.1) is 25.7 Å². The van der Waals surface area contributed by atoms with E-state index in [1.165, 1.54) is 31.4 Å². The predicted molar refractivity (Wildman–Crippen MR) is 159 cm³/mol. The molecule has 0 aliphatic carbocycles. The van der Waals surface area contributed by atoms with Crippen LogP contribution in [0, 0.1) is 0 Å². The van der Waals surface area contributed by atoms with Crippen molar-refractivity contribution < 1.29 is 19.1 Å². The molecule has 0 aliphatic rings. The second-order valence-electron chi connectivity index (χ2n) is 10.1. The van der Waals surface area contributed by atoms with Gasteiger partial charge in [-0.1, -0.05) is 56.8 Å². The van der Waals surface area contributed by atoms with Crippen molar-refractivity contribution >= 4 is 35.0 Å². The highest BCUT2D eigenvalue weighted by Crippen LogP contribution is 2.32. The highest BCUT2D eigenvalue weighted by atomic mass is 32.2. The van der Waals surface area contributed by atoms with Crippen LogP contribution in [0.1, 0.15) is 33.3 Å². The van der Waals surface area contributed by atoms with Crippen LogP contribution < -0.4 is 20.1 Å². The third kappa shape index (κ3) is 6.81. The summed E-state index contributed by atoms with van der Waals surface area (Å²) in [4.78, 5) is 24.4. The van der Waals surface area contributed by atoms with E-state index in [-0.39, 0.29) is 23.0 Å². The molecule has 0 bridgehead atoms. The largest absolute Gasteiger partial charge is 0.497 e. The lowest BCUT2D eigenvalue weighted by Gasteiger charge is -2.19. The number of carbonyl (C=O) groups excluding carboxylic acids is 2. The monoisotopic (exact) mass is 559 g/mol. The van der Waals surface area contributed by atoms with E-state index in [4.69, 9.17) is 9.47 Å². The van der Waals surface area contributed by atoms with Crippen LogP contribution in [-0.4, -0.2) is 46.6 Å². The summed E-state index contributed by atoms with van der Waals surface area (Å²) in [7, 11) is 3.14. The van der Waals surface area contributed by atoms with Gasteiger partial charge in [0, 0.05) is 23.9 Å². The molecule has 4 aromatic rings. The molecule has 3 aromatic carbocycles. The van der Waals surface area contributed by atoms with Gasteiger partial charge in [-0.2, -0.15) is 0 Å². The van der Waals surface area contributed by atoms with E-state index in [1.54, 1.807) is 25.3 Å². The molecule has 2 N–H and O–H groups in total. The van der Waals surface area contributed by atoms with Crippen LogP contribution in [0.25, 0.3) is 17.1 Å². The number of nitrogens with zero attached hydrogens (tertiary/aromatic N) is 3. The number of rotatable bonds is 9. The summed E-state index contributed by atoms with van der Waals surface area (Å²) in [5.74, 6) is 1.48. The molecular weight excluding hydrogens is 526 g/mol. The maximum atomic E-state index is 13.0. The van der Waals surface area contributed by atoms with Crippen molar-refractivity contribution in [1.82, 2.24) is 14.8 Å². The first-order valence-electron chi connectivity index (χ1n) is 12.7. The summed E-state index contributed by atoms with van der Waals surface area (Å²) in [5.41, 5.74) is 4.01. The molecular formula is C30H33N5O4S. The van der Waals surface area contributed by atoms with Crippen molar-refractivity contribution in [2.45, 2.75) is 38.3 Å². The molecule has 4 rings (SSSR count). The third-order valence-corrected chi connectivity index (χ3v) is 7.03. The van der Waals surface area contributed by atoms with Gasteiger partial charge in [0.15, 0.2) is 11.0 Å². The van der Waals surface area contributed by atoms with E-state index < -0.39 is 0 Å². The number of ether oxygens (including phenoxy) is 2. The molecule has 0 unspecified atom stereocenters. The van der Waals surface area contributed by atoms with E-state index in [1.807, 2.05) is 41.0 Å². The van der Waals surface area contributed by atoms with Crippen LogP contribution in [0.5, 0.6) is 11.5 Å². The smallest absolute Gasteiger partial charge is 0.234 e. The Bertz CT molecular complexity index is 1490. The summed E-state index contributed by atoms with van der Waals surface area (Å²) in [6.07, 6.45) is 0. The molecule has 1 heterocycles. The summed E-state index contributed by atoms with van der Waals surface area (Å²) >= 11 is 1.27. The van der Waals surface area contributed by atoms with Crippen molar-refractivity contribution in [2.24, 2.45) is 0 Å². The number of nitrogens with one attached hydrogen (secondary N) is 2. The Morgan fingerprint density at radius 1 is 0.900 bits per heavy atom.